The number of carbonyl (C=O) groups excluding carboxylic acids is 5. The predicted octanol–water partition coefficient (Wildman–Crippen LogP) is 13.3. The molecule has 2 N–H and O–H groups in total. The number of benzene rings is 8. The number of aldehydes is 1. The summed E-state index contributed by atoms with van der Waals surface area (Å²) in [4.78, 5) is 69.2. The third-order valence-electron chi connectivity index (χ3n) is 16.3. The van der Waals surface area contributed by atoms with Crippen molar-refractivity contribution in [1.29, 1.82) is 0 Å². The SMILES string of the molecule is CCN(CC)C(=O)c1ccc(C(Cl)c2cccc(C)c2)cc1.CCN(CC)C(=O)c1ccc(C(O)c2cccc(C)c2)cc1.CCN(CC)C(=O)c1ccc(C(c2cccc(C)c2)N2CCNCC2)cc1.CCN(CC)C(=O)c1ccc(C=O)cc1.Cc1c[c-]ccc1.O=S(Cl)Cl.[Br-].[Mg+2]. The van der Waals surface area contributed by atoms with Gasteiger partial charge in [0.05, 0.1) is 11.4 Å². The molecule has 1 saturated heterocycles. The molecule has 526 valence electrons. The molecule has 3 unspecified atom stereocenters. The molecule has 0 aliphatic carbocycles. The molecule has 1 heterocycles. The number of hydrogen-bond acceptors (Lipinski definition) is 9. The molecule has 1 aliphatic rings. The second-order valence-corrected chi connectivity index (χ2v) is 25.9. The van der Waals surface area contributed by atoms with Gasteiger partial charge in [0.2, 0.25) is 9.23 Å². The van der Waals surface area contributed by atoms with E-state index in [-0.39, 0.29) is 75.1 Å². The number of halogens is 4. The monoisotopic (exact) mass is 1490 g/mol. The minimum absolute atomic E-state index is 0. The van der Waals surface area contributed by atoms with Gasteiger partial charge in [-0.25, -0.2) is 4.21 Å². The Hall–Kier alpha value is -6.54. The molecule has 3 atom stereocenters. The summed E-state index contributed by atoms with van der Waals surface area (Å²) in [5.74, 6) is 0.220. The zero-order valence-electron chi connectivity index (χ0n) is 59.5. The number of rotatable bonds is 20. The smallest absolute Gasteiger partial charge is 1.00 e. The molecule has 13 nitrogen and oxygen atoms in total. The number of piperazine rings is 1. The van der Waals surface area contributed by atoms with Crippen LogP contribution < -0.4 is 22.3 Å². The second kappa shape index (κ2) is 48.3. The molecule has 0 saturated carbocycles. The number of alkyl halides is 1. The van der Waals surface area contributed by atoms with Gasteiger partial charge in [0.1, 0.15) is 12.4 Å². The Kier molecular flexibility index (Phi) is 43.2. The summed E-state index contributed by atoms with van der Waals surface area (Å²) in [6.45, 7) is 33.9. The van der Waals surface area contributed by atoms with Gasteiger partial charge in [0, 0.05) is 128 Å². The molecule has 8 aromatic carbocycles. The Labute approximate surface area is 633 Å². The van der Waals surface area contributed by atoms with Crippen LogP contribution in [-0.2, 0) is 9.23 Å². The van der Waals surface area contributed by atoms with Crippen LogP contribution in [0.1, 0.15) is 180 Å². The average molecular weight is 1500 g/mol. The Morgan fingerprint density at radius 2 is 0.808 bits per heavy atom. The number of nitrogens with one attached hydrogen (secondary N) is 1. The maximum absolute atomic E-state index is 12.6. The van der Waals surface area contributed by atoms with Crippen molar-refractivity contribution in [1.82, 2.24) is 29.8 Å². The Bertz CT molecular complexity index is 3550. The van der Waals surface area contributed by atoms with Crippen LogP contribution in [0.25, 0.3) is 0 Å². The van der Waals surface area contributed by atoms with E-state index in [0.29, 0.717) is 48.4 Å². The van der Waals surface area contributed by atoms with Crippen molar-refractivity contribution in [2.45, 2.75) is 101 Å². The molecule has 1 fully saturated rings. The summed E-state index contributed by atoms with van der Waals surface area (Å²) < 4.78 is 9.09. The molecular weight excluding hydrogens is 1400 g/mol. The standard InChI is InChI=1S/C23H31N3O.C19H22ClNO.C19H23NO2.C12H15NO2.C7H7.BrH.Cl2OS.Mg/c1-4-25(5-2)23(27)20-11-9-19(10-12-20)22(26-15-13-24-14-16-26)21-8-6-7-18(3)17-21;1-4-21(5-2)19(22)16-11-9-15(10-12-16)18(20)17-8-6-7-14(3)13-17;1-4-20(5-2)19(22)16-11-9-15(10-12-16)18(21)17-8-6-7-14(3)13-17;1-3-13(4-2)12(15)11-7-5-10(9-14)6-8-11;1-7-5-3-2-4-6-7;;1-4(2)3;/h6-12,17,22,24H,4-5,13-16H2,1-3H3;6-13,18H,4-5H2,1-3H3;6-13,18,21H,4-5H2,1-3H3;5-9H,3-4H2,1-2H3;2-3,5-6H,1H3;1H;;/q;;;;-1;;;+2/p-1. The first-order valence-electron chi connectivity index (χ1n) is 33.3. The van der Waals surface area contributed by atoms with Crippen LogP contribution in [0.2, 0.25) is 0 Å². The number of amides is 4. The van der Waals surface area contributed by atoms with E-state index in [2.05, 4.69) is 113 Å². The van der Waals surface area contributed by atoms with E-state index in [4.69, 9.17) is 15.8 Å². The Balaban J connectivity index is 0.000000429. The maximum atomic E-state index is 12.6. The van der Waals surface area contributed by atoms with E-state index >= 15 is 0 Å². The molecule has 0 radical (unpaired) electrons. The normalized spacial score (nSPS) is 12.2. The van der Waals surface area contributed by atoms with Crippen LogP contribution in [0.4, 0.5) is 0 Å². The number of aliphatic hydroxyl groups is 1. The van der Waals surface area contributed by atoms with Crippen molar-refractivity contribution in [3.8, 4) is 0 Å². The summed E-state index contributed by atoms with van der Waals surface area (Å²) in [5.41, 5.74) is 14.5. The van der Waals surface area contributed by atoms with Crippen LogP contribution >= 0.6 is 33.0 Å². The third-order valence-corrected chi connectivity index (χ3v) is 16.8. The first-order valence-corrected chi connectivity index (χ1v) is 36.5. The first kappa shape index (κ1) is 88.5. The second-order valence-electron chi connectivity index (χ2n) is 23.0. The van der Waals surface area contributed by atoms with Crippen molar-refractivity contribution in [2.75, 3.05) is 78.5 Å². The van der Waals surface area contributed by atoms with Gasteiger partial charge < -0.3 is 47.0 Å². The predicted molar refractivity (Wildman–Crippen MR) is 407 cm³/mol. The number of nitrogens with zero attached hydrogens (tertiary/aromatic N) is 5. The minimum Gasteiger partial charge on any atom is -1.00 e. The zero-order valence-corrected chi connectivity index (χ0v) is 65.6. The van der Waals surface area contributed by atoms with Gasteiger partial charge in [0.25, 0.3) is 23.6 Å². The fourth-order valence-corrected chi connectivity index (χ4v) is 11.1. The van der Waals surface area contributed by atoms with E-state index in [0.717, 1.165) is 92.0 Å². The summed E-state index contributed by atoms with van der Waals surface area (Å²) in [6, 6.07) is 65.6. The number of carbonyl (C=O) groups is 5. The fourth-order valence-electron chi connectivity index (χ4n) is 10.8. The quantitative estimate of drug-likeness (QED) is 0.0250. The summed E-state index contributed by atoms with van der Waals surface area (Å²) >= 11 is 6.56. The van der Waals surface area contributed by atoms with Crippen molar-refractivity contribution < 1.29 is 50.3 Å². The van der Waals surface area contributed by atoms with E-state index in [1.165, 1.54) is 27.8 Å². The molecule has 0 aromatic heterocycles. The van der Waals surface area contributed by atoms with Gasteiger partial charge in [-0.1, -0.05) is 145 Å². The topological polar surface area (TPSA) is 151 Å². The maximum Gasteiger partial charge on any atom is 2.00 e. The fraction of sp³-hybridized carbons (Fsp3) is 0.338. The van der Waals surface area contributed by atoms with Crippen molar-refractivity contribution in [3.63, 3.8) is 0 Å². The van der Waals surface area contributed by atoms with E-state index < -0.39 is 15.3 Å². The first-order chi connectivity index (χ1) is 46.6. The average Bonchev–Trinajstić information content (AvgIpc) is 0.819. The molecule has 8 aromatic rings. The van der Waals surface area contributed by atoms with Gasteiger partial charge in [-0.05, 0) is 158 Å². The molecule has 19 heteroatoms. The molecule has 0 bridgehead atoms. The van der Waals surface area contributed by atoms with Crippen molar-refractivity contribution in [3.05, 3.63) is 284 Å². The van der Waals surface area contributed by atoms with Gasteiger partial charge in [-0.15, -0.1) is 11.6 Å². The number of aryl methyl sites for hydroxylation is 4. The zero-order chi connectivity index (χ0) is 71.4. The molecule has 1 aliphatic heterocycles. The number of hydrogen-bond donors (Lipinski definition) is 2. The Morgan fingerprint density at radius 3 is 1.14 bits per heavy atom. The van der Waals surface area contributed by atoms with Crippen molar-refractivity contribution >= 4 is 95.2 Å². The molecule has 99 heavy (non-hydrogen) atoms. The third kappa shape index (κ3) is 29.5. The van der Waals surface area contributed by atoms with E-state index in [1.54, 1.807) is 46.2 Å². The van der Waals surface area contributed by atoms with Crippen molar-refractivity contribution in [2.24, 2.45) is 0 Å². The van der Waals surface area contributed by atoms with Crippen LogP contribution in [0.5, 0.6) is 0 Å². The van der Waals surface area contributed by atoms with Crippen LogP contribution in [-0.4, -0.2) is 165 Å². The van der Waals surface area contributed by atoms with Crippen LogP contribution in [0.3, 0.4) is 0 Å². The molecule has 0 spiro atoms. The largest absolute Gasteiger partial charge is 2.00 e. The van der Waals surface area contributed by atoms with Crippen LogP contribution in [0.15, 0.2) is 194 Å². The van der Waals surface area contributed by atoms with Gasteiger partial charge >= 0.3 is 23.1 Å². The van der Waals surface area contributed by atoms with Crippen LogP contribution in [0, 0.1) is 33.8 Å². The molecule has 4 amide bonds. The minimum atomic E-state index is -1.67. The van der Waals surface area contributed by atoms with Gasteiger partial charge in [0.15, 0.2) is 0 Å². The number of aliphatic hydroxyl groups excluding tert-OH is 1. The van der Waals surface area contributed by atoms with Gasteiger partial charge in [-0.3, -0.25) is 28.9 Å². The van der Waals surface area contributed by atoms with E-state index in [9.17, 15) is 29.1 Å². The molecule has 9 rings (SSSR count). The molecular formula is C80H98BrCl3MgN6O7S. The summed E-state index contributed by atoms with van der Waals surface area (Å²) in [6.07, 6.45) is 0.101. The summed E-state index contributed by atoms with van der Waals surface area (Å²) in [5, 5.41) is 13.7. The van der Waals surface area contributed by atoms with Gasteiger partial charge in [-0.2, -0.15) is 35.9 Å². The summed E-state index contributed by atoms with van der Waals surface area (Å²) in [7, 11) is 7.36. The Morgan fingerprint density at radius 1 is 0.485 bits per heavy atom. The van der Waals surface area contributed by atoms with E-state index in [1.807, 2.05) is 175 Å².